The number of nitrogens with one attached hydrogen (secondary N) is 3. The number of ether oxygens (including phenoxy) is 2. The number of carbonyl (C=O) groups is 3. The molecule has 3 aromatic carbocycles. The molecule has 0 aliphatic carbocycles. The minimum atomic E-state index is -0.506. The maximum atomic E-state index is 13.3. The summed E-state index contributed by atoms with van der Waals surface area (Å²) in [7, 11) is 0. The number of rotatable bonds is 9. The number of pyridine rings is 1. The second-order valence-corrected chi connectivity index (χ2v) is 10.4. The molecule has 0 spiro atoms. The molecular formula is C31H26N4O5S. The maximum Gasteiger partial charge on any atom is 0.272 e. The number of fused-ring (bicyclic) bond motifs is 1. The predicted octanol–water partition coefficient (Wildman–Crippen LogP) is 5.34. The van der Waals surface area contributed by atoms with Gasteiger partial charge in [0, 0.05) is 40.3 Å². The molecule has 206 valence electrons. The Morgan fingerprint density at radius 3 is 2.49 bits per heavy atom. The molecule has 0 bridgehead atoms. The van der Waals surface area contributed by atoms with E-state index in [4.69, 9.17) is 9.47 Å². The normalized spacial score (nSPS) is 12.8. The molecule has 0 radical (unpaired) electrons. The second-order valence-electron chi connectivity index (χ2n) is 8.96. The molecule has 2 heterocycles. The van der Waals surface area contributed by atoms with E-state index in [9.17, 15) is 14.4 Å². The van der Waals surface area contributed by atoms with Gasteiger partial charge in [0.2, 0.25) is 12.7 Å². The summed E-state index contributed by atoms with van der Waals surface area (Å²) in [5.41, 5.74) is 2.25. The van der Waals surface area contributed by atoms with Crippen LogP contribution in [0.5, 0.6) is 11.5 Å². The van der Waals surface area contributed by atoms with E-state index in [1.165, 1.54) is 11.8 Å². The highest BCUT2D eigenvalue weighted by molar-refractivity contribution is 8.00. The van der Waals surface area contributed by atoms with Gasteiger partial charge in [0.25, 0.3) is 11.8 Å². The van der Waals surface area contributed by atoms with Crippen LogP contribution < -0.4 is 25.4 Å². The van der Waals surface area contributed by atoms with E-state index in [2.05, 4.69) is 20.9 Å². The standard InChI is InChI=1S/C31H26N4O5S/c1-20(29(36)33-24-12-13-27-28(17-24)40-19-39-27)41-25-11-5-10-23(16-25)34-31(38)26(15-21-7-6-14-32-18-21)35-30(37)22-8-3-2-4-9-22/h2-18,20H,19H2,1H3,(H,33,36)(H,34,38)(H,35,37)/b26-15-. The van der Waals surface area contributed by atoms with Gasteiger partial charge in [-0.1, -0.05) is 30.3 Å². The van der Waals surface area contributed by atoms with Crippen molar-refractivity contribution in [1.29, 1.82) is 0 Å². The van der Waals surface area contributed by atoms with Gasteiger partial charge in [0.05, 0.1) is 5.25 Å². The summed E-state index contributed by atoms with van der Waals surface area (Å²) >= 11 is 1.34. The van der Waals surface area contributed by atoms with E-state index in [1.807, 2.05) is 12.1 Å². The van der Waals surface area contributed by atoms with E-state index in [0.29, 0.717) is 34.0 Å². The molecule has 5 rings (SSSR count). The Bertz CT molecular complexity index is 1590. The van der Waals surface area contributed by atoms with Crippen molar-refractivity contribution in [2.75, 3.05) is 17.4 Å². The number of aromatic nitrogens is 1. The molecule has 0 saturated carbocycles. The van der Waals surface area contributed by atoms with Gasteiger partial charge in [-0.25, -0.2) is 0 Å². The van der Waals surface area contributed by atoms with E-state index >= 15 is 0 Å². The summed E-state index contributed by atoms with van der Waals surface area (Å²) in [6.07, 6.45) is 4.78. The zero-order chi connectivity index (χ0) is 28.6. The van der Waals surface area contributed by atoms with Crippen LogP contribution in [0.4, 0.5) is 11.4 Å². The average molecular weight is 567 g/mol. The fourth-order valence-electron chi connectivity index (χ4n) is 3.89. The van der Waals surface area contributed by atoms with Gasteiger partial charge >= 0.3 is 0 Å². The largest absolute Gasteiger partial charge is 0.454 e. The van der Waals surface area contributed by atoms with E-state index < -0.39 is 17.1 Å². The maximum absolute atomic E-state index is 13.3. The first-order valence-electron chi connectivity index (χ1n) is 12.7. The van der Waals surface area contributed by atoms with E-state index in [1.54, 1.807) is 98.2 Å². The summed E-state index contributed by atoms with van der Waals surface area (Å²) in [6, 6.07) is 24.5. The monoisotopic (exact) mass is 566 g/mol. The lowest BCUT2D eigenvalue weighted by Crippen LogP contribution is -2.30. The third kappa shape index (κ3) is 7.31. The number of amides is 3. The Morgan fingerprint density at radius 1 is 0.878 bits per heavy atom. The lowest BCUT2D eigenvalue weighted by Gasteiger charge is -2.14. The van der Waals surface area contributed by atoms with Crippen molar-refractivity contribution >= 4 is 46.9 Å². The molecule has 1 aromatic heterocycles. The zero-order valence-corrected chi connectivity index (χ0v) is 22.8. The smallest absolute Gasteiger partial charge is 0.272 e. The molecule has 4 aromatic rings. The third-order valence-corrected chi connectivity index (χ3v) is 7.03. The third-order valence-electron chi connectivity index (χ3n) is 5.94. The summed E-state index contributed by atoms with van der Waals surface area (Å²) in [5, 5.41) is 8.01. The molecule has 9 nitrogen and oxygen atoms in total. The first-order chi connectivity index (χ1) is 19.9. The fraction of sp³-hybridized carbons (Fsp3) is 0.0968. The van der Waals surface area contributed by atoms with Crippen molar-refractivity contribution in [3.8, 4) is 11.5 Å². The van der Waals surface area contributed by atoms with Crippen molar-refractivity contribution in [3.05, 3.63) is 114 Å². The minimum absolute atomic E-state index is 0.0568. The van der Waals surface area contributed by atoms with Crippen molar-refractivity contribution in [2.45, 2.75) is 17.1 Å². The van der Waals surface area contributed by atoms with Gasteiger partial charge in [-0.05, 0) is 67.1 Å². The van der Waals surface area contributed by atoms with Crippen LogP contribution in [0.2, 0.25) is 0 Å². The summed E-state index contributed by atoms with van der Waals surface area (Å²) < 4.78 is 10.7. The summed E-state index contributed by atoms with van der Waals surface area (Å²) in [6.45, 7) is 1.96. The van der Waals surface area contributed by atoms with Gasteiger partial charge in [-0.15, -0.1) is 11.8 Å². The highest BCUT2D eigenvalue weighted by Gasteiger charge is 2.19. The molecule has 41 heavy (non-hydrogen) atoms. The number of benzene rings is 3. The van der Waals surface area contributed by atoms with Crippen LogP contribution in [0.25, 0.3) is 6.08 Å². The topological polar surface area (TPSA) is 119 Å². The van der Waals surface area contributed by atoms with Gasteiger partial charge in [-0.2, -0.15) is 0 Å². The molecule has 1 aliphatic heterocycles. The van der Waals surface area contributed by atoms with Gasteiger partial charge in [-0.3, -0.25) is 19.4 Å². The zero-order valence-electron chi connectivity index (χ0n) is 22.0. The Labute approximate surface area is 241 Å². The highest BCUT2D eigenvalue weighted by Crippen LogP contribution is 2.34. The average Bonchev–Trinajstić information content (AvgIpc) is 3.46. The first kappa shape index (κ1) is 27.5. The molecule has 3 amide bonds. The Hall–Kier alpha value is -5.09. The molecule has 1 atom stereocenters. The van der Waals surface area contributed by atoms with E-state index in [-0.39, 0.29) is 18.4 Å². The van der Waals surface area contributed by atoms with Crippen molar-refractivity contribution in [2.24, 2.45) is 0 Å². The lowest BCUT2D eigenvalue weighted by molar-refractivity contribution is -0.115. The number of carbonyl (C=O) groups excluding carboxylic acids is 3. The number of nitrogens with zero attached hydrogens (tertiary/aromatic N) is 1. The minimum Gasteiger partial charge on any atom is -0.454 e. The Balaban J connectivity index is 1.26. The predicted molar refractivity (Wildman–Crippen MR) is 158 cm³/mol. The van der Waals surface area contributed by atoms with Crippen LogP contribution >= 0.6 is 11.8 Å². The summed E-state index contributed by atoms with van der Waals surface area (Å²) in [5.74, 6) is 0.121. The van der Waals surface area contributed by atoms with Crippen molar-refractivity contribution in [1.82, 2.24) is 10.3 Å². The van der Waals surface area contributed by atoms with Crippen molar-refractivity contribution < 1.29 is 23.9 Å². The fourth-order valence-corrected chi connectivity index (χ4v) is 4.82. The Morgan fingerprint density at radius 2 is 1.68 bits per heavy atom. The molecule has 3 N–H and O–H groups in total. The first-order valence-corrected chi connectivity index (χ1v) is 13.6. The van der Waals surface area contributed by atoms with E-state index in [0.717, 1.165) is 4.90 Å². The van der Waals surface area contributed by atoms with Crippen LogP contribution in [-0.4, -0.2) is 34.7 Å². The van der Waals surface area contributed by atoms with Gasteiger partial charge < -0.3 is 25.4 Å². The molecule has 0 fully saturated rings. The van der Waals surface area contributed by atoms with Crippen LogP contribution in [-0.2, 0) is 9.59 Å². The SMILES string of the molecule is CC(Sc1cccc(NC(=O)/C(=C/c2cccnc2)NC(=O)c2ccccc2)c1)C(=O)Nc1ccc2c(c1)OCO2. The van der Waals surface area contributed by atoms with Crippen LogP contribution in [0.1, 0.15) is 22.8 Å². The van der Waals surface area contributed by atoms with Gasteiger partial charge in [0.1, 0.15) is 5.70 Å². The number of hydrogen-bond acceptors (Lipinski definition) is 7. The molecule has 1 aliphatic rings. The van der Waals surface area contributed by atoms with Crippen LogP contribution in [0, 0.1) is 0 Å². The lowest BCUT2D eigenvalue weighted by atomic mass is 10.2. The van der Waals surface area contributed by atoms with Crippen LogP contribution in [0.15, 0.2) is 108 Å². The number of hydrogen-bond donors (Lipinski definition) is 3. The molecule has 1 unspecified atom stereocenters. The highest BCUT2D eigenvalue weighted by atomic mass is 32.2. The Kier molecular flexibility index (Phi) is 8.61. The molecule has 0 saturated heterocycles. The van der Waals surface area contributed by atoms with Gasteiger partial charge in [0.15, 0.2) is 11.5 Å². The molecular weight excluding hydrogens is 540 g/mol. The quantitative estimate of drug-likeness (QED) is 0.185. The second kappa shape index (κ2) is 12.8. The molecule has 10 heteroatoms. The summed E-state index contributed by atoms with van der Waals surface area (Å²) in [4.78, 5) is 43.8. The number of anilines is 2. The van der Waals surface area contributed by atoms with Crippen molar-refractivity contribution in [3.63, 3.8) is 0 Å². The van der Waals surface area contributed by atoms with Crippen LogP contribution in [0.3, 0.4) is 0 Å². The number of thioether (sulfide) groups is 1.